The van der Waals surface area contributed by atoms with Crippen LogP contribution in [0.5, 0.6) is 0 Å². The number of nitrogens with one attached hydrogen (secondary N) is 2. The van der Waals surface area contributed by atoms with Crippen LogP contribution in [0.15, 0.2) is 0 Å². The minimum absolute atomic E-state index is 0.0418. The first kappa shape index (κ1) is 10.9. The highest BCUT2D eigenvalue weighted by Gasteiger charge is 2.23. The Labute approximate surface area is 79.7 Å². The van der Waals surface area contributed by atoms with Gasteiger partial charge in [0.05, 0.1) is 0 Å². The van der Waals surface area contributed by atoms with Crippen LogP contribution in [0.2, 0.25) is 0 Å². The molecule has 0 aromatic rings. The third-order valence-electron chi connectivity index (χ3n) is 1.80. The monoisotopic (exact) mass is 207 g/mol. The highest BCUT2D eigenvalue weighted by Crippen LogP contribution is 2.00. The van der Waals surface area contributed by atoms with Crippen molar-refractivity contribution in [3.8, 4) is 0 Å². The zero-order chi connectivity index (χ0) is 9.90. The molecule has 2 N–H and O–H groups in total. The lowest BCUT2D eigenvalue weighted by molar-refractivity contribution is 0.353. The minimum atomic E-state index is -3.24. The van der Waals surface area contributed by atoms with Gasteiger partial charge in [-0.2, -0.15) is 17.4 Å². The van der Waals surface area contributed by atoms with E-state index in [1.165, 1.54) is 4.31 Å². The molecule has 0 spiro atoms. The van der Waals surface area contributed by atoms with Crippen molar-refractivity contribution in [2.75, 3.05) is 26.2 Å². The third kappa shape index (κ3) is 3.22. The molecule has 0 bridgehead atoms. The Bertz CT molecular complexity index is 244. The van der Waals surface area contributed by atoms with E-state index < -0.39 is 10.2 Å². The van der Waals surface area contributed by atoms with Gasteiger partial charge in [0.1, 0.15) is 0 Å². The van der Waals surface area contributed by atoms with Gasteiger partial charge in [0.25, 0.3) is 10.2 Å². The van der Waals surface area contributed by atoms with E-state index in [9.17, 15) is 8.42 Å². The summed E-state index contributed by atoms with van der Waals surface area (Å²) in [7, 11) is -3.24. The average Bonchev–Trinajstić information content (AvgIpc) is 2.04. The van der Waals surface area contributed by atoms with Crippen molar-refractivity contribution < 1.29 is 8.42 Å². The van der Waals surface area contributed by atoms with Crippen LogP contribution in [-0.2, 0) is 10.2 Å². The Hall–Kier alpha value is -0.170. The van der Waals surface area contributed by atoms with Gasteiger partial charge in [0.2, 0.25) is 0 Å². The molecular formula is C7H17N3O2S. The van der Waals surface area contributed by atoms with Crippen LogP contribution >= 0.6 is 0 Å². The van der Waals surface area contributed by atoms with Gasteiger partial charge in [-0.1, -0.05) is 0 Å². The van der Waals surface area contributed by atoms with Crippen LogP contribution in [-0.4, -0.2) is 44.9 Å². The van der Waals surface area contributed by atoms with E-state index in [-0.39, 0.29) is 6.04 Å². The maximum Gasteiger partial charge on any atom is 0.279 e. The summed E-state index contributed by atoms with van der Waals surface area (Å²) >= 11 is 0. The molecular weight excluding hydrogens is 190 g/mol. The SMILES string of the molecule is CC(C)NS(=O)(=O)N1CCNCC1. The molecule has 1 aliphatic rings. The molecule has 0 atom stereocenters. The first-order chi connectivity index (χ1) is 6.02. The van der Waals surface area contributed by atoms with E-state index in [1.54, 1.807) is 0 Å². The molecule has 5 nitrogen and oxygen atoms in total. The molecule has 13 heavy (non-hydrogen) atoms. The Morgan fingerprint density at radius 1 is 1.31 bits per heavy atom. The number of hydrogen-bond donors (Lipinski definition) is 2. The maximum atomic E-state index is 11.6. The summed E-state index contributed by atoms with van der Waals surface area (Å²) in [6.07, 6.45) is 0. The van der Waals surface area contributed by atoms with Crippen molar-refractivity contribution in [2.45, 2.75) is 19.9 Å². The molecule has 0 saturated carbocycles. The lowest BCUT2D eigenvalue weighted by Crippen LogP contribution is -2.51. The highest BCUT2D eigenvalue weighted by atomic mass is 32.2. The Balaban J connectivity index is 2.57. The lowest BCUT2D eigenvalue weighted by atomic mass is 10.4. The van der Waals surface area contributed by atoms with Crippen LogP contribution in [0.4, 0.5) is 0 Å². The molecule has 1 heterocycles. The molecule has 0 aromatic heterocycles. The van der Waals surface area contributed by atoms with Crippen molar-refractivity contribution in [1.82, 2.24) is 14.3 Å². The molecule has 0 aromatic carbocycles. The summed E-state index contributed by atoms with van der Waals surface area (Å²) in [6.45, 7) is 6.22. The topological polar surface area (TPSA) is 61.4 Å². The Morgan fingerprint density at radius 2 is 1.85 bits per heavy atom. The van der Waals surface area contributed by atoms with Crippen LogP contribution in [0.3, 0.4) is 0 Å². The minimum Gasteiger partial charge on any atom is -0.314 e. The standard InChI is InChI=1S/C7H17N3O2S/c1-7(2)9-13(11,12)10-5-3-8-4-6-10/h7-9H,3-6H2,1-2H3. The molecule has 6 heteroatoms. The zero-order valence-corrected chi connectivity index (χ0v) is 8.89. The molecule has 0 aliphatic carbocycles. The fourth-order valence-electron chi connectivity index (χ4n) is 1.26. The first-order valence-electron chi connectivity index (χ1n) is 4.50. The van der Waals surface area contributed by atoms with Crippen LogP contribution < -0.4 is 10.0 Å². The largest absolute Gasteiger partial charge is 0.314 e. The van der Waals surface area contributed by atoms with Gasteiger partial charge >= 0.3 is 0 Å². The van der Waals surface area contributed by atoms with Crippen LogP contribution in [0.1, 0.15) is 13.8 Å². The van der Waals surface area contributed by atoms with E-state index in [0.717, 1.165) is 13.1 Å². The number of nitrogens with zero attached hydrogens (tertiary/aromatic N) is 1. The lowest BCUT2D eigenvalue weighted by Gasteiger charge is -2.27. The maximum absolute atomic E-state index is 11.6. The molecule has 1 fully saturated rings. The van der Waals surface area contributed by atoms with Gasteiger partial charge in [-0.05, 0) is 13.8 Å². The van der Waals surface area contributed by atoms with Gasteiger partial charge in [0.15, 0.2) is 0 Å². The number of piperazine rings is 1. The second kappa shape index (κ2) is 4.36. The summed E-state index contributed by atoms with van der Waals surface area (Å²) < 4.78 is 27.2. The molecule has 78 valence electrons. The molecule has 0 radical (unpaired) electrons. The normalized spacial score (nSPS) is 20.8. The van der Waals surface area contributed by atoms with E-state index >= 15 is 0 Å². The summed E-state index contributed by atoms with van der Waals surface area (Å²) in [5.74, 6) is 0. The average molecular weight is 207 g/mol. The van der Waals surface area contributed by atoms with Gasteiger partial charge in [-0.15, -0.1) is 0 Å². The third-order valence-corrected chi connectivity index (χ3v) is 3.61. The fraction of sp³-hybridized carbons (Fsp3) is 1.00. The van der Waals surface area contributed by atoms with Crippen LogP contribution in [0.25, 0.3) is 0 Å². The molecule has 1 saturated heterocycles. The molecule has 1 aliphatic heterocycles. The number of rotatable bonds is 3. The second-order valence-electron chi connectivity index (χ2n) is 3.43. The molecule has 0 unspecified atom stereocenters. The predicted molar refractivity (Wildman–Crippen MR) is 51.6 cm³/mol. The van der Waals surface area contributed by atoms with E-state index in [2.05, 4.69) is 10.0 Å². The van der Waals surface area contributed by atoms with E-state index in [4.69, 9.17) is 0 Å². The van der Waals surface area contributed by atoms with E-state index in [1.807, 2.05) is 13.8 Å². The van der Waals surface area contributed by atoms with Gasteiger partial charge in [-0.25, -0.2) is 0 Å². The summed E-state index contributed by atoms with van der Waals surface area (Å²) in [5, 5.41) is 3.11. The fourth-order valence-corrected chi connectivity index (χ4v) is 2.67. The second-order valence-corrected chi connectivity index (χ2v) is 5.13. The highest BCUT2D eigenvalue weighted by molar-refractivity contribution is 7.87. The van der Waals surface area contributed by atoms with Gasteiger partial charge < -0.3 is 5.32 Å². The van der Waals surface area contributed by atoms with E-state index in [0.29, 0.717) is 13.1 Å². The molecule has 0 amide bonds. The first-order valence-corrected chi connectivity index (χ1v) is 5.94. The Kier molecular flexibility index (Phi) is 3.66. The van der Waals surface area contributed by atoms with Gasteiger partial charge in [-0.3, -0.25) is 0 Å². The predicted octanol–water partition coefficient (Wildman–Crippen LogP) is -0.866. The quantitative estimate of drug-likeness (QED) is 0.633. The van der Waals surface area contributed by atoms with Gasteiger partial charge in [0, 0.05) is 32.2 Å². The number of hydrogen-bond acceptors (Lipinski definition) is 3. The van der Waals surface area contributed by atoms with Crippen molar-refractivity contribution in [1.29, 1.82) is 0 Å². The van der Waals surface area contributed by atoms with Crippen molar-refractivity contribution in [3.05, 3.63) is 0 Å². The van der Waals surface area contributed by atoms with Crippen molar-refractivity contribution >= 4 is 10.2 Å². The zero-order valence-electron chi connectivity index (χ0n) is 8.08. The molecule has 1 rings (SSSR count). The summed E-state index contributed by atoms with van der Waals surface area (Å²) in [5.41, 5.74) is 0. The van der Waals surface area contributed by atoms with Crippen LogP contribution in [0, 0.1) is 0 Å². The summed E-state index contributed by atoms with van der Waals surface area (Å²) in [6, 6.07) is -0.0418. The van der Waals surface area contributed by atoms with Crippen molar-refractivity contribution in [2.24, 2.45) is 0 Å². The smallest absolute Gasteiger partial charge is 0.279 e. The Morgan fingerprint density at radius 3 is 2.31 bits per heavy atom. The van der Waals surface area contributed by atoms with Crippen molar-refractivity contribution in [3.63, 3.8) is 0 Å². The summed E-state index contributed by atoms with van der Waals surface area (Å²) in [4.78, 5) is 0.